The van der Waals surface area contributed by atoms with Crippen LogP contribution in [0.25, 0.3) is 0 Å². The van der Waals surface area contributed by atoms with E-state index in [-0.39, 0.29) is 26.3 Å². The van der Waals surface area contributed by atoms with E-state index in [4.69, 9.17) is 9.84 Å². The second-order valence-electron chi connectivity index (χ2n) is 4.40. The molecule has 4 nitrogen and oxygen atoms in total. The lowest BCUT2D eigenvalue weighted by atomic mass is 10.1. The molecule has 1 heterocycles. The van der Waals surface area contributed by atoms with Crippen LogP contribution in [0.15, 0.2) is 30.3 Å². The van der Waals surface area contributed by atoms with Gasteiger partial charge in [-0.05, 0) is 5.56 Å². The molecule has 1 N–H and O–H groups in total. The highest BCUT2D eigenvalue weighted by molar-refractivity contribution is 5.68. The summed E-state index contributed by atoms with van der Waals surface area (Å²) < 4.78 is 18.4. The first-order valence-corrected chi connectivity index (χ1v) is 5.91. The van der Waals surface area contributed by atoms with Crippen LogP contribution in [0.5, 0.6) is 0 Å². The van der Waals surface area contributed by atoms with Crippen LogP contribution in [0.3, 0.4) is 0 Å². The fourth-order valence-electron chi connectivity index (χ4n) is 1.96. The SMILES string of the molecule is O=C(OCc1ccccc1)N1CC(F)C(CO)C1. The molecule has 1 aromatic carbocycles. The maximum Gasteiger partial charge on any atom is 0.410 e. The number of benzene rings is 1. The summed E-state index contributed by atoms with van der Waals surface area (Å²) in [5.41, 5.74) is 0.889. The van der Waals surface area contributed by atoms with Crippen molar-refractivity contribution in [1.82, 2.24) is 4.90 Å². The second kappa shape index (κ2) is 5.82. The highest BCUT2D eigenvalue weighted by atomic mass is 19.1. The molecule has 0 aromatic heterocycles. The summed E-state index contributed by atoms with van der Waals surface area (Å²) in [6, 6.07) is 9.31. The van der Waals surface area contributed by atoms with Crippen molar-refractivity contribution in [3.05, 3.63) is 35.9 Å². The number of amides is 1. The molecule has 0 aliphatic carbocycles. The lowest BCUT2D eigenvalue weighted by Gasteiger charge is -2.15. The molecule has 0 radical (unpaired) electrons. The Kier molecular flexibility index (Phi) is 4.15. The predicted molar refractivity (Wildman–Crippen MR) is 63.7 cm³/mol. The lowest BCUT2D eigenvalue weighted by molar-refractivity contribution is 0.101. The summed E-state index contributed by atoms with van der Waals surface area (Å²) in [7, 11) is 0. The number of likely N-dealkylation sites (tertiary alicyclic amines) is 1. The van der Waals surface area contributed by atoms with E-state index in [1.165, 1.54) is 4.90 Å². The maximum atomic E-state index is 13.4. The van der Waals surface area contributed by atoms with E-state index >= 15 is 0 Å². The van der Waals surface area contributed by atoms with Gasteiger partial charge in [-0.15, -0.1) is 0 Å². The molecule has 1 fully saturated rings. The zero-order chi connectivity index (χ0) is 13.0. The summed E-state index contributed by atoms with van der Waals surface area (Å²) in [5, 5.41) is 8.93. The van der Waals surface area contributed by atoms with Crippen molar-refractivity contribution in [3.8, 4) is 0 Å². The summed E-state index contributed by atoms with van der Waals surface area (Å²) >= 11 is 0. The van der Waals surface area contributed by atoms with Crippen molar-refractivity contribution in [3.63, 3.8) is 0 Å². The number of nitrogens with zero attached hydrogens (tertiary/aromatic N) is 1. The third kappa shape index (κ3) is 2.98. The number of hydrogen-bond donors (Lipinski definition) is 1. The number of alkyl halides is 1. The van der Waals surface area contributed by atoms with Crippen LogP contribution in [-0.2, 0) is 11.3 Å². The van der Waals surface area contributed by atoms with E-state index in [0.717, 1.165) is 5.56 Å². The topological polar surface area (TPSA) is 49.8 Å². The van der Waals surface area contributed by atoms with E-state index in [0.29, 0.717) is 0 Å². The Morgan fingerprint density at radius 3 is 2.72 bits per heavy atom. The van der Waals surface area contributed by atoms with Gasteiger partial charge in [0.1, 0.15) is 12.8 Å². The number of carbonyl (C=O) groups excluding carboxylic acids is 1. The van der Waals surface area contributed by atoms with Gasteiger partial charge in [0.2, 0.25) is 0 Å². The number of aliphatic hydroxyl groups excluding tert-OH is 1. The molecule has 1 aliphatic heterocycles. The lowest BCUT2D eigenvalue weighted by Crippen LogP contribution is -2.29. The van der Waals surface area contributed by atoms with Crippen molar-refractivity contribution >= 4 is 6.09 Å². The van der Waals surface area contributed by atoms with E-state index in [1.54, 1.807) is 0 Å². The first kappa shape index (κ1) is 12.8. The second-order valence-corrected chi connectivity index (χ2v) is 4.40. The molecule has 2 rings (SSSR count). The molecular formula is C13H16FNO3. The van der Waals surface area contributed by atoms with E-state index in [2.05, 4.69) is 0 Å². The minimum absolute atomic E-state index is 0.00114. The zero-order valence-corrected chi connectivity index (χ0v) is 9.96. The van der Waals surface area contributed by atoms with Gasteiger partial charge in [-0.1, -0.05) is 30.3 Å². The van der Waals surface area contributed by atoms with E-state index in [9.17, 15) is 9.18 Å². The number of halogens is 1. The van der Waals surface area contributed by atoms with Gasteiger partial charge in [-0.2, -0.15) is 0 Å². The Morgan fingerprint density at radius 2 is 2.11 bits per heavy atom. The van der Waals surface area contributed by atoms with Crippen LogP contribution in [0.1, 0.15) is 5.56 Å². The third-order valence-electron chi connectivity index (χ3n) is 3.06. The van der Waals surface area contributed by atoms with Crippen molar-refractivity contribution in [2.24, 2.45) is 5.92 Å². The average Bonchev–Trinajstić information content (AvgIpc) is 2.78. The van der Waals surface area contributed by atoms with Gasteiger partial charge in [0.05, 0.1) is 13.2 Å². The van der Waals surface area contributed by atoms with Crippen molar-refractivity contribution in [2.75, 3.05) is 19.7 Å². The Labute approximate surface area is 105 Å². The summed E-state index contributed by atoms with van der Waals surface area (Å²) in [5.74, 6) is -0.491. The number of rotatable bonds is 3. The smallest absolute Gasteiger partial charge is 0.410 e. The first-order valence-electron chi connectivity index (χ1n) is 5.91. The monoisotopic (exact) mass is 253 g/mol. The summed E-state index contributed by atoms with van der Waals surface area (Å²) in [6.07, 6.45) is -1.70. The molecule has 1 saturated heterocycles. The maximum absolute atomic E-state index is 13.4. The van der Waals surface area contributed by atoms with Crippen LogP contribution in [0.4, 0.5) is 9.18 Å². The Bertz CT molecular complexity index is 398. The molecule has 0 spiro atoms. The van der Waals surface area contributed by atoms with Gasteiger partial charge in [-0.25, -0.2) is 9.18 Å². The van der Waals surface area contributed by atoms with Gasteiger partial charge in [0, 0.05) is 12.5 Å². The van der Waals surface area contributed by atoms with E-state index in [1.807, 2.05) is 30.3 Å². The van der Waals surface area contributed by atoms with Gasteiger partial charge in [0.15, 0.2) is 0 Å². The minimum atomic E-state index is -1.17. The van der Waals surface area contributed by atoms with Gasteiger partial charge in [0.25, 0.3) is 0 Å². The van der Waals surface area contributed by atoms with Crippen molar-refractivity contribution < 1.29 is 19.0 Å². The standard InChI is InChI=1S/C13H16FNO3/c14-12-7-15(6-11(12)8-16)13(17)18-9-10-4-2-1-3-5-10/h1-5,11-12,16H,6-9H2. The van der Waals surface area contributed by atoms with Gasteiger partial charge < -0.3 is 14.7 Å². The normalized spacial score (nSPS) is 23.1. The quantitative estimate of drug-likeness (QED) is 0.889. The molecule has 18 heavy (non-hydrogen) atoms. The van der Waals surface area contributed by atoms with Crippen molar-refractivity contribution in [2.45, 2.75) is 12.8 Å². The largest absolute Gasteiger partial charge is 0.445 e. The number of hydrogen-bond acceptors (Lipinski definition) is 3. The highest BCUT2D eigenvalue weighted by Crippen LogP contribution is 2.20. The van der Waals surface area contributed by atoms with Crippen LogP contribution in [0, 0.1) is 5.92 Å². The van der Waals surface area contributed by atoms with Crippen LogP contribution in [0.2, 0.25) is 0 Å². The average molecular weight is 253 g/mol. The van der Waals surface area contributed by atoms with Gasteiger partial charge in [-0.3, -0.25) is 0 Å². The Balaban J connectivity index is 1.82. The highest BCUT2D eigenvalue weighted by Gasteiger charge is 2.35. The number of aliphatic hydroxyl groups is 1. The fraction of sp³-hybridized carbons (Fsp3) is 0.462. The fourth-order valence-corrected chi connectivity index (χ4v) is 1.96. The van der Waals surface area contributed by atoms with Crippen LogP contribution >= 0.6 is 0 Å². The summed E-state index contributed by atoms with van der Waals surface area (Å²) in [6.45, 7) is 0.144. The molecule has 98 valence electrons. The zero-order valence-electron chi connectivity index (χ0n) is 9.96. The summed E-state index contributed by atoms with van der Waals surface area (Å²) in [4.78, 5) is 13.0. The van der Waals surface area contributed by atoms with Gasteiger partial charge >= 0.3 is 6.09 Å². The Morgan fingerprint density at radius 1 is 1.39 bits per heavy atom. The molecule has 1 amide bonds. The first-order chi connectivity index (χ1) is 8.70. The molecule has 2 unspecified atom stereocenters. The molecular weight excluding hydrogens is 237 g/mol. The molecule has 2 atom stereocenters. The number of carbonyl (C=O) groups is 1. The number of ether oxygens (including phenoxy) is 1. The van der Waals surface area contributed by atoms with Crippen molar-refractivity contribution in [1.29, 1.82) is 0 Å². The van der Waals surface area contributed by atoms with E-state index < -0.39 is 18.2 Å². The minimum Gasteiger partial charge on any atom is -0.445 e. The predicted octanol–water partition coefficient (Wildman–Crippen LogP) is 1.59. The Hall–Kier alpha value is -1.62. The van der Waals surface area contributed by atoms with Crippen LogP contribution in [-0.4, -0.2) is 42.0 Å². The van der Waals surface area contributed by atoms with Crippen LogP contribution < -0.4 is 0 Å². The molecule has 1 aliphatic rings. The molecule has 0 bridgehead atoms. The molecule has 5 heteroatoms. The molecule has 0 saturated carbocycles. The third-order valence-corrected chi connectivity index (χ3v) is 3.06. The molecule has 1 aromatic rings.